The third-order valence-corrected chi connectivity index (χ3v) is 6.39. The summed E-state index contributed by atoms with van der Waals surface area (Å²) in [5.74, 6) is 0.649. The van der Waals surface area contributed by atoms with Crippen molar-refractivity contribution in [1.82, 2.24) is 10.1 Å². The molecule has 2 aliphatic rings. The van der Waals surface area contributed by atoms with E-state index in [2.05, 4.69) is 12.1 Å². The van der Waals surface area contributed by atoms with E-state index in [0.29, 0.717) is 61.9 Å². The van der Waals surface area contributed by atoms with Crippen LogP contribution >= 0.6 is 0 Å². The first-order valence-corrected chi connectivity index (χ1v) is 10.6. The molecule has 2 fully saturated rings. The van der Waals surface area contributed by atoms with E-state index in [4.69, 9.17) is 9.26 Å². The van der Waals surface area contributed by atoms with Crippen LogP contribution in [0, 0.1) is 23.1 Å². The maximum Gasteiger partial charge on any atom is 0.312 e. The van der Waals surface area contributed by atoms with Crippen molar-refractivity contribution < 1.29 is 23.2 Å². The van der Waals surface area contributed by atoms with Gasteiger partial charge in [-0.3, -0.25) is 9.59 Å². The lowest BCUT2D eigenvalue weighted by Crippen LogP contribution is -2.48. The zero-order chi connectivity index (χ0) is 21.3. The Kier molecular flexibility index (Phi) is 5.62. The van der Waals surface area contributed by atoms with Crippen LogP contribution in [0.5, 0.6) is 0 Å². The number of rotatable bonds is 6. The molecule has 0 spiro atoms. The highest BCUT2D eigenvalue weighted by Crippen LogP contribution is 2.42. The van der Waals surface area contributed by atoms with Gasteiger partial charge in [0, 0.05) is 37.1 Å². The van der Waals surface area contributed by atoms with Gasteiger partial charge < -0.3 is 14.2 Å². The van der Waals surface area contributed by atoms with E-state index in [1.807, 2.05) is 4.90 Å². The van der Waals surface area contributed by atoms with Crippen molar-refractivity contribution in [2.24, 2.45) is 17.3 Å². The van der Waals surface area contributed by atoms with Crippen LogP contribution in [0.3, 0.4) is 0 Å². The molecule has 2 heterocycles. The minimum Gasteiger partial charge on any atom is -0.466 e. The Morgan fingerprint density at radius 3 is 2.63 bits per heavy atom. The third kappa shape index (κ3) is 3.98. The van der Waals surface area contributed by atoms with Crippen LogP contribution in [0.25, 0.3) is 11.3 Å². The number of carbonyl (C=O) groups is 2. The van der Waals surface area contributed by atoms with Gasteiger partial charge in [-0.1, -0.05) is 24.2 Å². The highest BCUT2D eigenvalue weighted by Gasteiger charge is 2.47. The Labute approximate surface area is 175 Å². The minimum absolute atomic E-state index is 0.137. The predicted molar refractivity (Wildman–Crippen MR) is 108 cm³/mol. The number of ether oxygens (including phenoxy) is 1. The summed E-state index contributed by atoms with van der Waals surface area (Å²) >= 11 is 0. The Balaban J connectivity index is 1.50. The fourth-order valence-corrected chi connectivity index (χ4v) is 4.32. The van der Waals surface area contributed by atoms with E-state index in [0.717, 1.165) is 6.42 Å². The van der Waals surface area contributed by atoms with Gasteiger partial charge in [0.05, 0.1) is 12.0 Å². The summed E-state index contributed by atoms with van der Waals surface area (Å²) in [6, 6.07) is 8.05. The average Bonchev–Trinajstić information content (AvgIpc) is 3.30. The highest BCUT2D eigenvalue weighted by atomic mass is 19.1. The van der Waals surface area contributed by atoms with E-state index >= 15 is 0 Å². The zero-order valence-corrected chi connectivity index (χ0v) is 17.4. The Bertz CT molecular complexity index is 933. The van der Waals surface area contributed by atoms with Gasteiger partial charge in [0.2, 0.25) is 5.91 Å². The lowest BCUT2D eigenvalue weighted by atomic mass is 9.74. The smallest absolute Gasteiger partial charge is 0.312 e. The largest absolute Gasteiger partial charge is 0.466 e. The van der Waals surface area contributed by atoms with Gasteiger partial charge in [-0.2, -0.15) is 0 Å². The van der Waals surface area contributed by atoms with Gasteiger partial charge in [-0.05, 0) is 44.2 Å². The fourth-order valence-electron chi connectivity index (χ4n) is 4.32. The van der Waals surface area contributed by atoms with Gasteiger partial charge in [-0.15, -0.1) is 0 Å². The van der Waals surface area contributed by atoms with E-state index in [1.54, 1.807) is 31.2 Å². The van der Waals surface area contributed by atoms with Gasteiger partial charge in [-0.25, -0.2) is 4.39 Å². The van der Waals surface area contributed by atoms with Crippen LogP contribution in [0.15, 0.2) is 34.9 Å². The summed E-state index contributed by atoms with van der Waals surface area (Å²) < 4.78 is 24.9. The molecule has 0 bridgehead atoms. The number of amides is 1. The number of halogens is 1. The van der Waals surface area contributed by atoms with Crippen molar-refractivity contribution >= 4 is 11.9 Å². The molecular weight excluding hydrogens is 387 g/mol. The fraction of sp³-hybridized carbons (Fsp3) is 0.522. The molecule has 1 amide bonds. The first-order valence-electron chi connectivity index (χ1n) is 10.6. The molecule has 1 aliphatic heterocycles. The van der Waals surface area contributed by atoms with E-state index < -0.39 is 5.41 Å². The number of carbonyl (C=O) groups excluding carboxylic acids is 2. The lowest BCUT2D eigenvalue weighted by molar-refractivity contribution is -0.160. The molecule has 30 heavy (non-hydrogen) atoms. The third-order valence-electron chi connectivity index (χ3n) is 6.39. The number of nitrogens with zero attached hydrogens (tertiary/aromatic N) is 2. The molecule has 0 unspecified atom stereocenters. The monoisotopic (exact) mass is 414 g/mol. The summed E-state index contributed by atoms with van der Waals surface area (Å²) in [5, 5.41) is 4.00. The second-order valence-electron chi connectivity index (χ2n) is 8.48. The Morgan fingerprint density at radius 1 is 1.30 bits per heavy atom. The number of piperidine rings is 1. The molecule has 2 atom stereocenters. The first kappa shape index (κ1) is 20.6. The molecule has 1 saturated heterocycles. The summed E-state index contributed by atoms with van der Waals surface area (Å²) in [5.41, 5.74) is -0.0114. The SMILES string of the molecule is CCOC(=O)C1(Cc2cc(-c3ccccc3F)no2)CCN(C(=O)[C@@H]2C[C@H]2C)CC1. The average molecular weight is 414 g/mol. The molecule has 1 saturated carbocycles. The number of likely N-dealkylation sites (tertiary alicyclic amines) is 1. The summed E-state index contributed by atoms with van der Waals surface area (Å²) in [4.78, 5) is 27.3. The van der Waals surface area contributed by atoms with Gasteiger partial charge >= 0.3 is 5.97 Å². The van der Waals surface area contributed by atoms with Crippen molar-refractivity contribution in [2.75, 3.05) is 19.7 Å². The van der Waals surface area contributed by atoms with Crippen molar-refractivity contribution in [1.29, 1.82) is 0 Å². The molecule has 160 valence electrons. The Hall–Kier alpha value is -2.70. The number of esters is 1. The van der Waals surface area contributed by atoms with Crippen LogP contribution in [-0.2, 0) is 20.7 Å². The summed E-state index contributed by atoms with van der Waals surface area (Å²) in [6.45, 7) is 5.21. The highest BCUT2D eigenvalue weighted by molar-refractivity contribution is 5.82. The predicted octanol–water partition coefficient (Wildman–Crippen LogP) is 3.85. The van der Waals surface area contributed by atoms with Crippen LogP contribution in [0.2, 0.25) is 0 Å². The maximum atomic E-state index is 14.1. The zero-order valence-electron chi connectivity index (χ0n) is 17.4. The molecule has 1 aromatic heterocycles. The van der Waals surface area contributed by atoms with Crippen molar-refractivity contribution in [3.63, 3.8) is 0 Å². The second-order valence-corrected chi connectivity index (χ2v) is 8.48. The first-order chi connectivity index (χ1) is 14.4. The molecule has 1 aliphatic carbocycles. The van der Waals surface area contributed by atoms with Crippen molar-refractivity contribution in [3.05, 3.63) is 41.9 Å². The molecule has 0 radical (unpaired) electrons. The Morgan fingerprint density at radius 2 is 2.00 bits per heavy atom. The van der Waals surface area contributed by atoms with Gasteiger partial charge in [0.25, 0.3) is 0 Å². The summed E-state index contributed by atoms with van der Waals surface area (Å²) in [7, 11) is 0. The second kappa shape index (κ2) is 8.20. The quantitative estimate of drug-likeness (QED) is 0.672. The molecule has 0 N–H and O–H groups in total. The maximum absolute atomic E-state index is 14.1. The topological polar surface area (TPSA) is 72.6 Å². The van der Waals surface area contributed by atoms with E-state index in [9.17, 15) is 14.0 Å². The molecule has 1 aromatic carbocycles. The molecular formula is C23H27FN2O4. The number of benzene rings is 1. The summed E-state index contributed by atoms with van der Waals surface area (Å²) in [6.07, 6.45) is 2.28. The van der Waals surface area contributed by atoms with E-state index in [-0.39, 0.29) is 23.6 Å². The van der Waals surface area contributed by atoms with Gasteiger partial charge in [0.1, 0.15) is 17.3 Å². The van der Waals surface area contributed by atoms with Crippen LogP contribution in [0.4, 0.5) is 4.39 Å². The van der Waals surface area contributed by atoms with Crippen molar-refractivity contribution in [3.8, 4) is 11.3 Å². The number of hydrogen-bond donors (Lipinski definition) is 0. The minimum atomic E-state index is -0.770. The van der Waals surface area contributed by atoms with E-state index in [1.165, 1.54) is 6.07 Å². The van der Waals surface area contributed by atoms with Crippen molar-refractivity contribution in [2.45, 2.75) is 39.5 Å². The standard InChI is InChI=1S/C23H27FN2O4/c1-3-29-22(28)23(8-10-26(11-9-23)21(27)18-12-15(18)2)14-16-13-20(25-30-16)17-6-4-5-7-19(17)24/h4-7,13,15,18H,3,8-12,14H2,1-2H3/t15-,18-/m1/s1. The molecule has 2 aromatic rings. The molecule has 7 heteroatoms. The molecule has 4 rings (SSSR count). The molecule has 6 nitrogen and oxygen atoms in total. The van der Waals surface area contributed by atoms with Crippen LogP contribution < -0.4 is 0 Å². The lowest BCUT2D eigenvalue weighted by Gasteiger charge is -2.39. The number of hydrogen-bond acceptors (Lipinski definition) is 5. The normalized spacial score (nSPS) is 22.6. The van der Waals surface area contributed by atoms with Crippen LogP contribution in [0.1, 0.15) is 38.9 Å². The number of aromatic nitrogens is 1. The van der Waals surface area contributed by atoms with Gasteiger partial charge in [0.15, 0.2) is 0 Å². The van der Waals surface area contributed by atoms with Crippen LogP contribution in [-0.4, -0.2) is 41.6 Å².